The van der Waals surface area contributed by atoms with Crippen LogP contribution in [0.2, 0.25) is 0 Å². The van der Waals surface area contributed by atoms with Crippen LogP contribution in [0.5, 0.6) is 5.75 Å². The Bertz CT molecular complexity index is 1020. The number of halogens is 3. The Morgan fingerprint density at radius 1 is 0.933 bits per heavy atom. The third kappa shape index (κ3) is 6.66. The van der Waals surface area contributed by atoms with Gasteiger partial charge in [-0.15, -0.1) is 18.3 Å². The molecule has 0 aromatic heterocycles. The van der Waals surface area contributed by atoms with Gasteiger partial charge in [-0.3, -0.25) is 0 Å². The average Bonchev–Trinajstić information content (AvgIpc) is 2.73. The van der Waals surface area contributed by atoms with E-state index in [2.05, 4.69) is 14.9 Å². The maximum Gasteiger partial charge on any atom is 0.573 e. The number of amidine groups is 1. The summed E-state index contributed by atoms with van der Waals surface area (Å²) in [4.78, 5) is 0. The summed E-state index contributed by atoms with van der Waals surface area (Å²) in [6.07, 6.45) is -3.16. The fourth-order valence-electron chi connectivity index (χ4n) is 2.62. The summed E-state index contributed by atoms with van der Waals surface area (Å²) < 4.78 is 40.9. The summed E-state index contributed by atoms with van der Waals surface area (Å²) in [7, 11) is 0. The summed E-state index contributed by atoms with van der Waals surface area (Å²) in [5.74, 6) is 0.416. The van der Waals surface area contributed by atoms with Gasteiger partial charge in [-0.05, 0) is 28.8 Å². The van der Waals surface area contributed by atoms with Gasteiger partial charge in [0.1, 0.15) is 5.75 Å². The number of alkyl halides is 3. The molecule has 0 bridgehead atoms. The van der Waals surface area contributed by atoms with Gasteiger partial charge < -0.3 is 10.5 Å². The second-order valence-electron chi connectivity index (χ2n) is 6.12. The first kappa shape index (κ1) is 21.4. The molecular formula is C22H18F3N3OS. The van der Waals surface area contributed by atoms with Crippen LogP contribution in [0.25, 0.3) is 11.1 Å². The van der Waals surface area contributed by atoms with Crippen LogP contribution < -0.4 is 10.5 Å². The van der Waals surface area contributed by atoms with E-state index in [0.717, 1.165) is 22.3 Å². The number of rotatable bonds is 6. The number of ether oxygens (including phenoxy) is 1. The van der Waals surface area contributed by atoms with E-state index in [4.69, 9.17) is 5.73 Å². The van der Waals surface area contributed by atoms with Crippen LogP contribution in [0.4, 0.5) is 13.2 Å². The first-order valence-corrected chi connectivity index (χ1v) is 9.88. The van der Waals surface area contributed by atoms with Crippen molar-refractivity contribution in [3.05, 3.63) is 90.0 Å². The second kappa shape index (κ2) is 9.98. The van der Waals surface area contributed by atoms with Crippen molar-refractivity contribution in [2.45, 2.75) is 12.1 Å². The molecule has 8 heteroatoms. The maximum absolute atomic E-state index is 12.3. The number of nitrogens with zero attached hydrogens (tertiary/aromatic N) is 2. The van der Waals surface area contributed by atoms with E-state index < -0.39 is 6.36 Å². The van der Waals surface area contributed by atoms with Crippen molar-refractivity contribution >= 4 is 23.1 Å². The molecule has 0 radical (unpaired) electrons. The minimum atomic E-state index is -4.72. The van der Waals surface area contributed by atoms with Crippen molar-refractivity contribution in [3.63, 3.8) is 0 Å². The topological polar surface area (TPSA) is 60.0 Å². The van der Waals surface area contributed by atoms with Gasteiger partial charge >= 0.3 is 6.36 Å². The largest absolute Gasteiger partial charge is 0.573 e. The number of benzene rings is 3. The zero-order valence-corrected chi connectivity index (χ0v) is 16.5. The Morgan fingerprint density at radius 3 is 2.30 bits per heavy atom. The van der Waals surface area contributed by atoms with Crippen molar-refractivity contribution in [3.8, 4) is 16.9 Å². The van der Waals surface area contributed by atoms with Crippen LogP contribution in [0.3, 0.4) is 0 Å². The van der Waals surface area contributed by atoms with Gasteiger partial charge in [0.15, 0.2) is 5.17 Å². The van der Waals surface area contributed by atoms with Gasteiger partial charge in [-0.1, -0.05) is 78.5 Å². The van der Waals surface area contributed by atoms with Gasteiger partial charge in [0, 0.05) is 11.3 Å². The highest BCUT2D eigenvalue weighted by Gasteiger charge is 2.30. The Kier molecular flexibility index (Phi) is 7.13. The van der Waals surface area contributed by atoms with Crippen LogP contribution in [0.15, 0.2) is 89.1 Å². The van der Waals surface area contributed by atoms with E-state index >= 15 is 0 Å². The summed E-state index contributed by atoms with van der Waals surface area (Å²) >= 11 is 1.38. The zero-order valence-electron chi connectivity index (χ0n) is 15.7. The molecule has 0 saturated carbocycles. The van der Waals surface area contributed by atoms with E-state index in [1.165, 1.54) is 23.9 Å². The highest BCUT2D eigenvalue weighted by molar-refractivity contribution is 8.13. The molecule has 0 fully saturated rings. The molecule has 0 amide bonds. The molecule has 3 rings (SSSR count). The van der Waals surface area contributed by atoms with Crippen molar-refractivity contribution in [2.24, 2.45) is 15.9 Å². The van der Waals surface area contributed by atoms with E-state index in [1.54, 1.807) is 18.3 Å². The van der Waals surface area contributed by atoms with Crippen molar-refractivity contribution in [1.82, 2.24) is 0 Å². The lowest BCUT2D eigenvalue weighted by Gasteiger charge is -2.10. The fourth-order valence-corrected chi connectivity index (χ4v) is 3.23. The maximum atomic E-state index is 12.3. The summed E-state index contributed by atoms with van der Waals surface area (Å²) in [6, 6.07) is 22.9. The molecule has 0 aliphatic carbocycles. The standard InChI is InChI=1S/C22H18F3N3OS/c23-22(24,25)29-19-12-10-17(11-13-19)20-9-5-4-8-18(20)14-27-28-21(26)30-15-16-6-2-1-3-7-16/h1-14H,15H2,(H2,26,28). The smallest absolute Gasteiger partial charge is 0.406 e. The summed E-state index contributed by atoms with van der Waals surface area (Å²) in [5, 5.41) is 8.39. The van der Waals surface area contributed by atoms with E-state index in [-0.39, 0.29) is 5.75 Å². The first-order valence-electron chi connectivity index (χ1n) is 8.89. The molecular weight excluding hydrogens is 411 g/mol. The van der Waals surface area contributed by atoms with Crippen LogP contribution >= 0.6 is 11.8 Å². The van der Waals surface area contributed by atoms with Gasteiger partial charge in [0.25, 0.3) is 0 Å². The molecule has 0 heterocycles. The molecule has 0 saturated heterocycles. The summed E-state index contributed by atoms with van der Waals surface area (Å²) in [6.45, 7) is 0. The molecule has 0 atom stereocenters. The van der Waals surface area contributed by atoms with Crippen molar-refractivity contribution < 1.29 is 17.9 Å². The lowest BCUT2D eigenvalue weighted by atomic mass is 10.0. The molecule has 0 aliphatic heterocycles. The average molecular weight is 429 g/mol. The molecule has 3 aromatic rings. The predicted octanol–water partition coefficient (Wildman–Crippen LogP) is 5.83. The molecule has 4 nitrogen and oxygen atoms in total. The number of hydrogen-bond donors (Lipinski definition) is 1. The molecule has 30 heavy (non-hydrogen) atoms. The van der Waals surface area contributed by atoms with E-state index in [1.807, 2.05) is 54.6 Å². The number of thioether (sulfide) groups is 1. The van der Waals surface area contributed by atoms with Crippen LogP contribution in [-0.4, -0.2) is 17.7 Å². The minimum Gasteiger partial charge on any atom is -0.406 e. The third-order valence-corrected chi connectivity index (χ3v) is 4.80. The Balaban J connectivity index is 1.69. The molecule has 0 aliphatic rings. The Hall–Kier alpha value is -3.26. The van der Waals surface area contributed by atoms with Crippen LogP contribution in [0.1, 0.15) is 11.1 Å². The monoisotopic (exact) mass is 429 g/mol. The quantitative estimate of drug-likeness (QED) is 0.304. The predicted molar refractivity (Wildman–Crippen MR) is 116 cm³/mol. The normalized spacial score (nSPS) is 12.3. The molecule has 3 aromatic carbocycles. The SMILES string of the molecule is NC(=NN=Cc1ccccc1-c1ccc(OC(F)(F)F)cc1)SCc1ccccc1. The van der Waals surface area contributed by atoms with Crippen molar-refractivity contribution in [1.29, 1.82) is 0 Å². The highest BCUT2D eigenvalue weighted by atomic mass is 32.2. The van der Waals surface area contributed by atoms with E-state index in [0.29, 0.717) is 10.9 Å². The van der Waals surface area contributed by atoms with Gasteiger partial charge in [-0.25, -0.2) is 0 Å². The lowest BCUT2D eigenvalue weighted by molar-refractivity contribution is -0.274. The van der Waals surface area contributed by atoms with Gasteiger partial charge in [0.2, 0.25) is 0 Å². The van der Waals surface area contributed by atoms with Crippen molar-refractivity contribution in [2.75, 3.05) is 0 Å². The van der Waals surface area contributed by atoms with Gasteiger partial charge in [-0.2, -0.15) is 5.10 Å². The molecule has 2 N–H and O–H groups in total. The third-order valence-electron chi connectivity index (χ3n) is 3.94. The van der Waals surface area contributed by atoms with E-state index in [9.17, 15) is 13.2 Å². The highest BCUT2D eigenvalue weighted by Crippen LogP contribution is 2.28. The minimum absolute atomic E-state index is 0.273. The summed E-state index contributed by atoms with van der Waals surface area (Å²) in [5.41, 5.74) is 9.30. The lowest BCUT2D eigenvalue weighted by Crippen LogP contribution is -2.16. The molecule has 0 unspecified atom stereocenters. The molecule has 0 spiro atoms. The number of hydrogen-bond acceptors (Lipinski definition) is 4. The van der Waals surface area contributed by atoms with Gasteiger partial charge in [0.05, 0.1) is 6.21 Å². The Morgan fingerprint density at radius 2 is 1.60 bits per heavy atom. The number of nitrogens with two attached hydrogens (primary N) is 1. The second-order valence-corrected chi connectivity index (χ2v) is 7.11. The Labute approximate surface area is 176 Å². The fraction of sp³-hybridized carbons (Fsp3) is 0.0909. The van der Waals surface area contributed by atoms with Crippen LogP contribution in [0, 0.1) is 0 Å². The first-order chi connectivity index (χ1) is 14.4. The zero-order chi connectivity index (χ0) is 21.4. The molecule has 154 valence electrons. The van der Waals surface area contributed by atoms with Crippen LogP contribution in [-0.2, 0) is 5.75 Å².